The number of nitrogens with two attached hydrogens (primary N) is 1. The van der Waals surface area contributed by atoms with Gasteiger partial charge in [-0.15, -0.1) is 0 Å². The van der Waals surface area contributed by atoms with E-state index in [4.69, 9.17) is 10.2 Å². The number of benzene rings is 1. The number of nitrogens with one attached hydrogen (secondary N) is 1. The molecule has 0 amide bonds. The molecule has 0 atom stereocenters. The number of hydrogen-bond donors (Lipinski definition) is 2. The third-order valence-corrected chi connectivity index (χ3v) is 4.64. The van der Waals surface area contributed by atoms with Crippen LogP contribution >= 0.6 is 15.9 Å². The van der Waals surface area contributed by atoms with Crippen molar-refractivity contribution in [1.29, 1.82) is 0 Å². The Morgan fingerprint density at radius 2 is 2.10 bits per heavy atom. The Labute approximate surface area is 124 Å². The van der Waals surface area contributed by atoms with Gasteiger partial charge < -0.3 is 10.2 Å². The van der Waals surface area contributed by atoms with Crippen LogP contribution in [0.15, 0.2) is 38.1 Å². The molecule has 0 unspecified atom stereocenters. The summed E-state index contributed by atoms with van der Waals surface area (Å²) < 4.78 is 45.1. The second-order valence-corrected chi connectivity index (χ2v) is 6.73. The molecular formula is C12H12BrFN2O3S. The molecular weight excluding hydrogens is 351 g/mol. The molecule has 0 saturated heterocycles. The zero-order valence-corrected chi connectivity index (χ0v) is 12.9. The highest BCUT2D eigenvalue weighted by Gasteiger charge is 2.20. The number of sulfonamides is 1. The van der Waals surface area contributed by atoms with Crippen LogP contribution in [0.5, 0.6) is 0 Å². The van der Waals surface area contributed by atoms with Crippen LogP contribution in [-0.2, 0) is 16.6 Å². The average Bonchev–Trinajstić information content (AvgIpc) is 2.77. The highest BCUT2D eigenvalue weighted by Crippen LogP contribution is 2.26. The Hall–Kier alpha value is -1.38. The lowest BCUT2D eigenvalue weighted by molar-refractivity contribution is 0.475. The topological polar surface area (TPSA) is 85.3 Å². The van der Waals surface area contributed by atoms with E-state index in [2.05, 4.69) is 20.7 Å². The van der Waals surface area contributed by atoms with Gasteiger partial charge in [0.05, 0.1) is 16.7 Å². The molecule has 0 saturated carbocycles. The zero-order chi connectivity index (χ0) is 14.9. The second-order valence-electron chi connectivity index (χ2n) is 4.14. The van der Waals surface area contributed by atoms with Crippen molar-refractivity contribution in [2.45, 2.75) is 18.4 Å². The van der Waals surface area contributed by atoms with E-state index in [0.29, 0.717) is 11.5 Å². The Morgan fingerprint density at radius 1 is 1.40 bits per heavy atom. The first kappa shape index (κ1) is 15.0. The van der Waals surface area contributed by atoms with Crippen molar-refractivity contribution in [1.82, 2.24) is 4.72 Å². The number of furan rings is 1. The molecule has 0 bridgehead atoms. The molecule has 0 radical (unpaired) electrons. The van der Waals surface area contributed by atoms with Gasteiger partial charge in [0.15, 0.2) is 0 Å². The van der Waals surface area contributed by atoms with Crippen molar-refractivity contribution in [2.75, 3.05) is 5.73 Å². The molecule has 1 heterocycles. The Morgan fingerprint density at radius 3 is 2.70 bits per heavy atom. The van der Waals surface area contributed by atoms with E-state index in [1.54, 1.807) is 19.1 Å². The third-order valence-electron chi connectivity index (χ3n) is 2.57. The average molecular weight is 363 g/mol. The van der Waals surface area contributed by atoms with Crippen molar-refractivity contribution >= 4 is 31.6 Å². The van der Waals surface area contributed by atoms with Gasteiger partial charge in [0.1, 0.15) is 22.2 Å². The largest absolute Gasteiger partial charge is 0.465 e. The van der Waals surface area contributed by atoms with Crippen molar-refractivity contribution in [3.05, 3.63) is 46.1 Å². The van der Waals surface area contributed by atoms with Crippen LogP contribution in [0.4, 0.5) is 10.1 Å². The van der Waals surface area contributed by atoms with Crippen LogP contribution in [-0.4, -0.2) is 8.42 Å². The maximum atomic E-state index is 13.2. The maximum absolute atomic E-state index is 13.2. The lowest BCUT2D eigenvalue weighted by Gasteiger charge is -2.09. The molecule has 108 valence electrons. The maximum Gasteiger partial charge on any atom is 0.243 e. The molecule has 2 aromatic rings. The minimum absolute atomic E-state index is 0.00932. The summed E-state index contributed by atoms with van der Waals surface area (Å²) in [4.78, 5) is -0.186. The molecule has 20 heavy (non-hydrogen) atoms. The van der Waals surface area contributed by atoms with Crippen molar-refractivity contribution in [2.24, 2.45) is 0 Å². The fourth-order valence-electron chi connectivity index (χ4n) is 1.60. The molecule has 8 heteroatoms. The Balaban J connectivity index is 2.24. The van der Waals surface area contributed by atoms with Crippen LogP contribution in [0, 0.1) is 12.7 Å². The quantitative estimate of drug-likeness (QED) is 0.818. The SMILES string of the molecule is Cc1ccc(CNS(=O)(=O)c2cc(Br)c(F)cc2N)o1. The highest BCUT2D eigenvalue weighted by molar-refractivity contribution is 9.10. The Bertz CT molecular complexity index is 743. The van der Waals surface area contributed by atoms with Gasteiger partial charge in [0.2, 0.25) is 10.0 Å². The van der Waals surface area contributed by atoms with Crippen LogP contribution in [0.3, 0.4) is 0 Å². The zero-order valence-electron chi connectivity index (χ0n) is 10.5. The van der Waals surface area contributed by atoms with Gasteiger partial charge in [-0.1, -0.05) is 0 Å². The predicted octanol–water partition coefficient (Wildman–Crippen LogP) is 2.55. The van der Waals surface area contributed by atoms with E-state index < -0.39 is 15.8 Å². The highest BCUT2D eigenvalue weighted by atomic mass is 79.9. The van der Waals surface area contributed by atoms with Crippen LogP contribution in [0.1, 0.15) is 11.5 Å². The van der Waals surface area contributed by atoms with Crippen molar-refractivity contribution < 1.29 is 17.2 Å². The van der Waals surface area contributed by atoms with Gasteiger partial charge in [-0.3, -0.25) is 0 Å². The fraction of sp³-hybridized carbons (Fsp3) is 0.167. The minimum Gasteiger partial charge on any atom is -0.465 e. The second kappa shape index (κ2) is 5.55. The molecule has 5 nitrogen and oxygen atoms in total. The smallest absolute Gasteiger partial charge is 0.243 e. The number of rotatable bonds is 4. The monoisotopic (exact) mass is 362 g/mol. The number of hydrogen-bond acceptors (Lipinski definition) is 4. The molecule has 0 aliphatic rings. The van der Waals surface area contributed by atoms with Crippen molar-refractivity contribution in [3.63, 3.8) is 0 Å². The number of halogens is 2. The molecule has 0 fully saturated rings. The van der Waals surface area contributed by atoms with Gasteiger partial charge >= 0.3 is 0 Å². The molecule has 3 N–H and O–H groups in total. The molecule has 2 rings (SSSR count). The lowest BCUT2D eigenvalue weighted by atomic mass is 10.3. The lowest BCUT2D eigenvalue weighted by Crippen LogP contribution is -2.24. The van der Waals surface area contributed by atoms with E-state index in [-0.39, 0.29) is 21.6 Å². The molecule has 0 aliphatic carbocycles. The van der Waals surface area contributed by atoms with Crippen LogP contribution in [0.2, 0.25) is 0 Å². The number of anilines is 1. The van der Waals surface area contributed by atoms with E-state index in [1.165, 1.54) is 0 Å². The third kappa shape index (κ3) is 3.20. The van der Waals surface area contributed by atoms with E-state index >= 15 is 0 Å². The first-order valence-corrected chi connectivity index (χ1v) is 7.87. The van der Waals surface area contributed by atoms with E-state index in [9.17, 15) is 12.8 Å². The predicted molar refractivity (Wildman–Crippen MR) is 76.0 cm³/mol. The van der Waals surface area contributed by atoms with Crippen LogP contribution < -0.4 is 10.5 Å². The fourth-order valence-corrected chi connectivity index (χ4v) is 3.23. The van der Waals surface area contributed by atoms with Gasteiger partial charge in [-0.2, -0.15) is 0 Å². The van der Waals surface area contributed by atoms with E-state index in [0.717, 1.165) is 12.1 Å². The minimum atomic E-state index is -3.85. The summed E-state index contributed by atoms with van der Waals surface area (Å²) in [7, 11) is -3.85. The van der Waals surface area contributed by atoms with Crippen molar-refractivity contribution in [3.8, 4) is 0 Å². The van der Waals surface area contributed by atoms with Crippen LogP contribution in [0.25, 0.3) is 0 Å². The summed E-state index contributed by atoms with van der Waals surface area (Å²) in [5.41, 5.74) is 5.39. The van der Waals surface area contributed by atoms with Gasteiger partial charge in [0.25, 0.3) is 0 Å². The molecule has 0 spiro atoms. The normalized spacial score (nSPS) is 11.8. The summed E-state index contributed by atoms with van der Waals surface area (Å²) in [5.74, 6) is 0.539. The van der Waals surface area contributed by atoms with E-state index in [1.807, 2.05) is 0 Å². The van der Waals surface area contributed by atoms with Gasteiger partial charge in [-0.25, -0.2) is 17.5 Å². The summed E-state index contributed by atoms with van der Waals surface area (Å²) in [6.45, 7) is 1.75. The summed E-state index contributed by atoms with van der Waals surface area (Å²) in [6.07, 6.45) is 0. The number of aryl methyl sites for hydroxylation is 1. The van der Waals surface area contributed by atoms with Gasteiger partial charge in [0, 0.05) is 0 Å². The molecule has 1 aromatic carbocycles. The summed E-state index contributed by atoms with van der Waals surface area (Å²) >= 11 is 2.93. The molecule has 1 aromatic heterocycles. The molecule has 0 aliphatic heterocycles. The standard InChI is InChI=1S/C12H12BrFN2O3S/c1-7-2-3-8(19-7)6-16-20(17,18)12-4-9(13)10(14)5-11(12)15/h2-5,16H,6,15H2,1H3. The summed E-state index contributed by atoms with van der Waals surface area (Å²) in [5, 5.41) is 0. The first-order chi connectivity index (χ1) is 9.29. The van der Waals surface area contributed by atoms with Gasteiger partial charge in [-0.05, 0) is 47.1 Å². The number of nitrogen functional groups attached to an aromatic ring is 1. The Kier molecular flexibility index (Phi) is 4.17. The summed E-state index contributed by atoms with van der Waals surface area (Å²) in [6, 6.07) is 5.48. The first-order valence-electron chi connectivity index (χ1n) is 5.59.